The van der Waals surface area contributed by atoms with Gasteiger partial charge in [-0.05, 0) is 24.6 Å². The number of benzene rings is 1. The van der Waals surface area contributed by atoms with E-state index in [0.29, 0.717) is 6.54 Å². The summed E-state index contributed by atoms with van der Waals surface area (Å²) in [5.74, 6) is 0. The molecule has 84 valence electrons. The third-order valence-corrected chi connectivity index (χ3v) is 2.55. The smallest absolute Gasteiger partial charge is 0.0717 e. The van der Waals surface area contributed by atoms with Gasteiger partial charge in [0.1, 0.15) is 0 Å². The van der Waals surface area contributed by atoms with E-state index in [1.54, 1.807) is 7.11 Å². The molecule has 1 aromatic carbocycles. The predicted molar refractivity (Wildman–Crippen MR) is 64.1 cm³/mol. The number of hydrogen-bond acceptors (Lipinski definition) is 3. The molecule has 0 saturated heterocycles. The number of ether oxygens (including phenoxy) is 1. The summed E-state index contributed by atoms with van der Waals surface area (Å²) in [6, 6.07) is 8.29. The first-order valence-corrected chi connectivity index (χ1v) is 5.20. The predicted octanol–water partition coefficient (Wildman–Crippen LogP) is 1.62. The van der Waals surface area contributed by atoms with Crippen molar-refractivity contribution in [2.24, 2.45) is 5.73 Å². The van der Waals surface area contributed by atoms with Crippen molar-refractivity contribution in [1.29, 1.82) is 0 Å². The van der Waals surface area contributed by atoms with E-state index in [-0.39, 0.29) is 6.10 Å². The minimum absolute atomic E-state index is 0.240. The van der Waals surface area contributed by atoms with Gasteiger partial charge in [0, 0.05) is 32.9 Å². The Hall–Kier alpha value is -1.06. The average Bonchev–Trinajstić information content (AvgIpc) is 2.29. The lowest BCUT2D eigenvalue weighted by atomic mass is 10.2. The van der Waals surface area contributed by atoms with Gasteiger partial charge in [-0.3, -0.25) is 0 Å². The molecule has 0 saturated carbocycles. The first kappa shape index (κ1) is 12.0. The van der Waals surface area contributed by atoms with Crippen molar-refractivity contribution in [2.45, 2.75) is 19.6 Å². The minimum atomic E-state index is 0.240. The van der Waals surface area contributed by atoms with Gasteiger partial charge in [0.05, 0.1) is 6.10 Å². The molecular formula is C12H20N2O. The summed E-state index contributed by atoms with van der Waals surface area (Å²) in [4.78, 5) is 2.18. The molecule has 0 fully saturated rings. The van der Waals surface area contributed by atoms with E-state index in [1.807, 2.05) is 0 Å². The molecule has 0 aromatic heterocycles. The van der Waals surface area contributed by atoms with Crippen LogP contribution in [0.3, 0.4) is 0 Å². The lowest BCUT2D eigenvalue weighted by Crippen LogP contribution is -2.28. The SMILES string of the molecule is COC(C)CN(C)c1ccc(CN)cc1. The van der Waals surface area contributed by atoms with E-state index in [2.05, 4.69) is 43.1 Å². The molecule has 0 heterocycles. The second-order valence-corrected chi connectivity index (χ2v) is 3.80. The van der Waals surface area contributed by atoms with Crippen LogP contribution < -0.4 is 10.6 Å². The Morgan fingerprint density at radius 1 is 1.33 bits per heavy atom. The van der Waals surface area contributed by atoms with Gasteiger partial charge in [-0.15, -0.1) is 0 Å². The van der Waals surface area contributed by atoms with Crippen LogP contribution in [-0.4, -0.2) is 26.8 Å². The highest BCUT2D eigenvalue weighted by Gasteiger charge is 2.05. The number of anilines is 1. The maximum absolute atomic E-state index is 5.54. The first-order valence-electron chi connectivity index (χ1n) is 5.20. The number of rotatable bonds is 5. The van der Waals surface area contributed by atoms with Gasteiger partial charge in [-0.2, -0.15) is 0 Å². The Bertz CT molecular complexity index is 284. The Kier molecular flexibility index (Phi) is 4.59. The molecule has 0 aliphatic carbocycles. The number of hydrogen-bond donors (Lipinski definition) is 1. The van der Waals surface area contributed by atoms with Crippen LogP contribution in [0.25, 0.3) is 0 Å². The summed E-state index contributed by atoms with van der Waals surface area (Å²) in [7, 11) is 3.79. The Labute approximate surface area is 91.8 Å². The van der Waals surface area contributed by atoms with Crippen molar-refractivity contribution >= 4 is 5.69 Å². The van der Waals surface area contributed by atoms with Crippen LogP contribution in [0.2, 0.25) is 0 Å². The third-order valence-electron chi connectivity index (χ3n) is 2.55. The van der Waals surface area contributed by atoms with Crippen LogP contribution in [0.15, 0.2) is 24.3 Å². The third kappa shape index (κ3) is 3.53. The van der Waals surface area contributed by atoms with Gasteiger partial charge in [0.15, 0.2) is 0 Å². The largest absolute Gasteiger partial charge is 0.380 e. The van der Waals surface area contributed by atoms with Crippen LogP contribution in [-0.2, 0) is 11.3 Å². The quantitative estimate of drug-likeness (QED) is 0.799. The zero-order valence-electron chi connectivity index (χ0n) is 9.73. The molecule has 3 nitrogen and oxygen atoms in total. The fourth-order valence-corrected chi connectivity index (χ4v) is 1.45. The fourth-order valence-electron chi connectivity index (χ4n) is 1.45. The van der Waals surface area contributed by atoms with E-state index in [0.717, 1.165) is 12.1 Å². The molecule has 2 N–H and O–H groups in total. The summed E-state index contributed by atoms with van der Waals surface area (Å²) in [5.41, 5.74) is 7.89. The first-order chi connectivity index (χ1) is 7.17. The average molecular weight is 208 g/mol. The fraction of sp³-hybridized carbons (Fsp3) is 0.500. The van der Waals surface area contributed by atoms with Crippen LogP contribution in [0.5, 0.6) is 0 Å². The molecular weight excluding hydrogens is 188 g/mol. The monoisotopic (exact) mass is 208 g/mol. The number of nitrogens with zero attached hydrogens (tertiary/aromatic N) is 1. The van der Waals surface area contributed by atoms with Gasteiger partial charge < -0.3 is 15.4 Å². The number of methoxy groups -OCH3 is 1. The molecule has 0 radical (unpaired) electrons. The summed E-state index contributed by atoms with van der Waals surface area (Å²) in [6.07, 6.45) is 0.240. The lowest BCUT2D eigenvalue weighted by molar-refractivity contribution is 0.124. The highest BCUT2D eigenvalue weighted by molar-refractivity contribution is 5.46. The topological polar surface area (TPSA) is 38.5 Å². The Morgan fingerprint density at radius 2 is 1.93 bits per heavy atom. The van der Waals surface area contributed by atoms with Gasteiger partial charge in [-0.1, -0.05) is 12.1 Å². The van der Waals surface area contributed by atoms with Crippen molar-refractivity contribution < 1.29 is 4.74 Å². The van der Waals surface area contributed by atoms with Gasteiger partial charge in [0.2, 0.25) is 0 Å². The second kappa shape index (κ2) is 5.73. The highest BCUT2D eigenvalue weighted by Crippen LogP contribution is 2.14. The van der Waals surface area contributed by atoms with Crippen molar-refractivity contribution in [3.63, 3.8) is 0 Å². The molecule has 1 aromatic rings. The molecule has 0 bridgehead atoms. The number of nitrogens with two attached hydrogens (primary N) is 1. The van der Waals surface area contributed by atoms with E-state index in [4.69, 9.17) is 10.5 Å². The highest BCUT2D eigenvalue weighted by atomic mass is 16.5. The summed E-state index contributed by atoms with van der Waals surface area (Å²) >= 11 is 0. The maximum Gasteiger partial charge on any atom is 0.0717 e. The zero-order valence-corrected chi connectivity index (χ0v) is 9.73. The Morgan fingerprint density at radius 3 is 2.40 bits per heavy atom. The molecule has 0 aliphatic heterocycles. The summed E-state index contributed by atoms with van der Waals surface area (Å²) in [5, 5.41) is 0. The van der Waals surface area contributed by atoms with Crippen molar-refractivity contribution in [1.82, 2.24) is 0 Å². The lowest BCUT2D eigenvalue weighted by Gasteiger charge is -2.22. The number of likely N-dealkylation sites (N-methyl/N-ethyl adjacent to an activating group) is 1. The summed E-state index contributed by atoms with van der Waals surface area (Å²) < 4.78 is 5.23. The maximum atomic E-state index is 5.54. The summed E-state index contributed by atoms with van der Waals surface area (Å²) in [6.45, 7) is 3.54. The zero-order chi connectivity index (χ0) is 11.3. The molecule has 1 unspecified atom stereocenters. The second-order valence-electron chi connectivity index (χ2n) is 3.80. The van der Waals surface area contributed by atoms with Crippen molar-refractivity contribution in [2.75, 3.05) is 25.6 Å². The van der Waals surface area contributed by atoms with Crippen molar-refractivity contribution in [3.05, 3.63) is 29.8 Å². The van der Waals surface area contributed by atoms with Crippen LogP contribution >= 0.6 is 0 Å². The molecule has 1 atom stereocenters. The van der Waals surface area contributed by atoms with Crippen molar-refractivity contribution in [3.8, 4) is 0 Å². The molecule has 3 heteroatoms. The van der Waals surface area contributed by atoms with Gasteiger partial charge in [-0.25, -0.2) is 0 Å². The van der Waals surface area contributed by atoms with E-state index >= 15 is 0 Å². The normalized spacial score (nSPS) is 12.5. The molecule has 15 heavy (non-hydrogen) atoms. The Balaban J connectivity index is 2.61. The molecule has 0 amide bonds. The molecule has 0 spiro atoms. The van der Waals surface area contributed by atoms with Crippen LogP contribution in [0, 0.1) is 0 Å². The van der Waals surface area contributed by atoms with E-state index < -0.39 is 0 Å². The van der Waals surface area contributed by atoms with Gasteiger partial charge in [0.25, 0.3) is 0 Å². The van der Waals surface area contributed by atoms with Gasteiger partial charge >= 0.3 is 0 Å². The standard InChI is InChI=1S/C12H20N2O/c1-10(15-3)9-14(2)12-6-4-11(8-13)5-7-12/h4-7,10H,8-9,13H2,1-3H3. The van der Waals surface area contributed by atoms with E-state index in [1.165, 1.54) is 5.69 Å². The minimum Gasteiger partial charge on any atom is -0.380 e. The van der Waals surface area contributed by atoms with E-state index in [9.17, 15) is 0 Å². The molecule has 1 rings (SSSR count). The van der Waals surface area contributed by atoms with Crippen LogP contribution in [0.4, 0.5) is 5.69 Å². The molecule has 0 aliphatic rings. The van der Waals surface area contributed by atoms with Crippen LogP contribution in [0.1, 0.15) is 12.5 Å².